The molecule has 1 spiro atoms. The first-order chi connectivity index (χ1) is 9.08. The lowest BCUT2D eigenvalue weighted by Crippen LogP contribution is -2.51. The Hall–Kier alpha value is -1.16. The highest BCUT2D eigenvalue weighted by Gasteiger charge is 2.43. The van der Waals surface area contributed by atoms with E-state index in [1.54, 1.807) is 13.0 Å². The predicted octanol–water partition coefficient (Wildman–Crippen LogP) is 3.45. The maximum absolute atomic E-state index is 12.4. The van der Waals surface area contributed by atoms with Gasteiger partial charge < -0.3 is 10.1 Å². The number of alkyl halides is 2. The minimum absolute atomic E-state index is 0.320. The third-order valence-electron chi connectivity index (χ3n) is 4.60. The Kier molecular flexibility index (Phi) is 3.21. The van der Waals surface area contributed by atoms with Gasteiger partial charge in [-0.1, -0.05) is 12.1 Å². The molecule has 1 saturated heterocycles. The maximum Gasteiger partial charge on any atom is 0.387 e. The van der Waals surface area contributed by atoms with E-state index in [2.05, 4.69) is 16.1 Å². The monoisotopic (exact) mass is 267 g/mol. The molecule has 0 bridgehead atoms. The summed E-state index contributed by atoms with van der Waals surface area (Å²) in [4.78, 5) is 0. The first kappa shape index (κ1) is 12.9. The fourth-order valence-corrected chi connectivity index (χ4v) is 3.38. The lowest BCUT2D eigenvalue weighted by atomic mass is 9.79. The van der Waals surface area contributed by atoms with Crippen LogP contribution >= 0.6 is 0 Å². The molecule has 1 atom stereocenters. The van der Waals surface area contributed by atoms with Crippen LogP contribution in [0.1, 0.15) is 36.3 Å². The zero-order chi connectivity index (χ0) is 13.5. The van der Waals surface area contributed by atoms with Gasteiger partial charge in [-0.05, 0) is 54.7 Å². The summed E-state index contributed by atoms with van der Waals surface area (Å²) < 4.78 is 29.3. The predicted molar refractivity (Wildman–Crippen MR) is 69.7 cm³/mol. The second-order valence-corrected chi connectivity index (χ2v) is 5.95. The minimum atomic E-state index is -2.75. The van der Waals surface area contributed by atoms with Crippen LogP contribution in [0.2, 0.25) is 0 Å². The SMILES string of the molecule is Cc1ccc(C2CCC3(CNC3)C2)cc1OC(F)F. The summed E-state index contributed by atoms with van der Waals surface area (Å²) >= 11 is 0. The third kappa shape index (κ3) is 2.46. The zero-order valence-corrected chi connectivity index (χ0v) is 11.1. The second-order valence-electron chi connectivity index (χ2n) is 5.95. The van der Waals surface area contributed by atoms with Crippen LogP contribution in [0.25, 0.3) is 0 Å². The molecular formula is C15H19F2NO. The van der Waals surface area contributed by atoms with Crippen LogP contribution in [0.15, 0.2) is 18.2 Å². The average molecular weight is 267 g/mol. The average Bonchev–Trinajstić information content (AvgIpc) is 2.76. The van der Waals surface area contributed by atoms with E-state index in [4.69, 9.17) is 0 Å². The van der Waals surface area contributed by atoms with Gasteiger partial charge in [0.05, 0.1) is 0 Å². The van der Waals surface area contributed by atoms with Gasteiger partial charge in [0.25, 0.3) is 0 Å². The summed E-state index contributed by atoms with van der Waals surface area (Å²) in [6.07, 6.45) is 3.56. The van der Waals surface area contributed by atoms with E-state index >= 15 is 0 Å². The Bertz CT molecular complexity index is 471. The standard InChI is InChI=1S/C15H19F2NO/c1-10-2-3-11(6-13(10)19-14(16)17)12-4-5-15(7-12)8-18-9-15/h2-3,6,12,14,18H,4-5,7-9H2,1H3. The van der Waals surface area contributed by atoms with E-state index in [0.717, 1.165) is 37.1 Å². The molecule has 0 radical (unpaired) electrons. The minimum Gasteiger partial charge on any atom is -0.435 e. The van der Waals surface area contributed by atoms with Crippen molar-refractivity contribution in [2.45, 2.75) is 38.7 Å². The largest absolute Gasteiger partial charge is 0.435 e. The van der Waals surface area contributed by atoms with Gasteiger partial charge in [-0.2, -0.15) is 8.78 Å². The lowest BCUT2D eigenvalue weighted by molar-refractivity contribution is -0.0503. The van der Waals surface area contributed by atoms with Gasteiger partial charge >= 0.3 is 6.61 Å². The van der Waals surface area contributed by atoms with E-state index in [0.29, 0.717) is 17.1 Å². The fraction of sp³-hybridized carbons (Fsp3) is 0.600. The molecule has 19 heavy (non-hydrogen) atoms. The molecule has 2 fully saturated rings. The number of halogens is 2. The molecule has 1 aromatic carbocycles. The summed E-state index contributed by atoms with van der Waals surface area (Å²) in [5.74, 6) is 0.808. The van der Waals surface area contributed by atoms with E-state index in [1.165, 1.54) is 6.42 Å². The molecule has 1 aliphatic heterocycles. The Morgan fingerprint density at radius 2 is 2.16 bits per heavy atom. The molecule has 1 saturated carbocycles. The maximum atomic E-state index is 12.4. The highest BCUT2D eigenvalue weighted by Crippen LogP contribution is 2.49. The van der Waals surface area contributed by atoms with E-state index in [1.807, 2.05) is 6.07 Å². The van der Waals surface area contributed by atoms with Crippen LogP contribution in [0.3, 0.4) is 0 Å². The van der Waals surface area contributed by atoms with Crippen molar-refractivity contribution < 1.29 is 13.5 Å². The fourth-order valence-electron chi connectivity index (χ4n) is 3.38. The van der Waals surface area contributed by atoms with Crippen molar-refractivity contribution >= 4 is 0 Å². The molecular weight excluding hydrogens is 248 g/mol. The van der Waals surface area contributed by atoms with Gasteiger partial charge in [-0.25, -0.2) is 0 Å². The second kappa shape index (κ2) is 4.75. The Labute approximate surface area is 112 Å². The summed E-state index contributed by atoms with van der Waals surface area (Å²) in [7, 11) is 0. The molecule has 1 heterocycles. The molecule has 0 aromatic heterocycles. The van der Waals surface area contributed by atoms with Crippen LogP contribution in [0.4, 0.5) is 8.78 Å². The van der Waals surface area contributed by atoms with E-state index in [9.17, 15) is 8.78 Å². The van der Waals surface area contributed by atoms with Crippen molar-refractivity contribution in [1.29, 1.82) is 0 Å². The van der Waals surface area contributed by atoms with Gasteiger partial charge in [-0.15, -0.1) is 0 Å². The molecule has 4 heteroatoms. The summed E-state index contributed by atoms with van der Waals surface area (Å²) in [6.45, 7) is 1.26. The quantitative estimate of drug-likeness (QED) is 0.905. The van der Waals surface area contributed by atoms with Crippen LogP contribution in [0, 0.1) is 12.3 Å². The number of aryl methyl sites for hydroxylation is 1. The first-order valence-corrected chi connectivity index (χ1v) is 6.84. The summed E-state index contributed by atoms with van der Waals surface area (Å²) in [5.41, 5.74) is 2.38. The van der Waals surface area contributed by atoms with Gasteiger partial charge in [0.1, 0.15) is 5.75 Å². The molecule has 1 aliphatic carbocycles. The lowest BCUT2D eigenvalue weighted by Gasteiger charge is -2.39. The highest BCUT2D eigenvalue weighted by atomic mass is 19.3. The smallest absolute Gasteiger partial charge is 0.387 e. The van der Waals surface area contributed by atoms with Crippen molar-refractivity contribution in [2.75, 3.05) is 13.1 Å². The molecule has 1 unspecified atom stereocenters. The number of benzene rings is 1. The number of ether oxygens (including phenoxy) is 1. The highest BCUT2D eigenvalue weighted by molar-refractivity contribution is 5.38. The van der Waals surface area contributed by atoms with Crippen LogP contribution in [-0.2, 0) is 0 Å². The van der Waals surface area contributed by atoms with Gasteiger partial charge in [-0.3, -0.25) is 0 Å². The zero-order valence-electron chi connectivity index (χ0n) is 11.1. The summed E-state index contributed by atoms with van der Waals surface area (Å²) in [5, 5.41) is 3.34. The normalized spacial score (nSPS) is 24.7. The number of rotatable bonds is 3. The van der Waals surface area contributed by atoms with Crippen LogP contribution in [-0.4, -0.2) is 19.7 Å². The van der Waals surface area contributed by atoms with Gasteiger partial charge in [0.15, 0.2) is 0 Å². The van der Waals surface area contributed by atoms with Crippen molar-refractivity contribution in [3.8, 4) is 5.75 Å². The number of nitrogens with one attached hydrogen (secondary N) is 1. The number of hydrogen-bond donors (Lipinski definition) is 1. The molecule has 2 nitrogen and oxygen atoms in total. The molecule has 3 rings (SSSR count). The molecule has 0 amide bonds. The molecule has 1 N–H and O–H groups in total. The molecule has 2 aliphatic rings. The van der Waals surface area contributed by atoms with Crippen molar-refractivity contribution in [3.05, 3.63) is 29.3 Å². The Morgan fingerprint density at radius 3 is 2.74 bits per heavy atom. The summed E-state index contributed by atoms with van der Waals surface area (Å²) in [6, 6.07) is 5.75. The van der Waals surface area contributed by atoms with Crippen molar-refractivity contribution in [2.24, 2.45) is 5.41 Å². The molecule has 1 aromatic rings. The number of hydrogen-bond acceptors (Lipinski definition) is 2. The van der Waals surface area contributed by atoms with Crippen molar-refractivity contribution in [1.82, 2.24) is 5.32 Å². The first-order valence-electron chi connectivity index (χ1n) is 6.84. The van der Waals surface area contributed by atoms with Crippen molar-refractivity contribution in [3.63, 3.8) is 0 Å². The van der Waals surface area contributed by atoms with Crippen LogP contribution in [0.5, 0.6) is 5.75 Å². The Morgan fingerprint density at radius 1 is 1.37 bits per heavy atom. The third-order valence-corrected chi connectivity index (χ3v) is 4.60. The van der Waals surface area contributed by atoms with E-state index < -0.39 is 6.61 Å². The topological polar surface area (TPSA) is 21.3 Å². The van der Waals surface area contributed by atoms with Gasteiger partial charge in [0, 0.05) is 13.1 Å². The molecule has 104 valence electrons. The van der Waals surface area contributed by atoms with E-state index in [-0.39, 0.29) is 0 Å². The van der Waals surface area contributed by atoms with Gasteiger partial charge in [0.2, 0.25) is 0 Å². The Balaban J connectivity index is 1.77. The van der Waals surface area contributed by atoms with Crippen LogP contribution < -0.4 is 10.1 Å².